The Labute approximate surface area is 165 Å². The number of aromatic nitrogens is 2. The third kappa shape index (κ3) is 5.31. The van der Waals surface area contributed by atoms with Crippen LogP contribution in [0.1, 0.15) is 12.1 Å². The van der Waals surface area contributed by atoms with Crippen molar-refractivity contribution in [1.82, 2.24) is 9.78 Å². The number of amides is 1. The highest BCUT2D eigenvalue weighted by Gasteiger charge is 2.13. The molecule has 0 radical (unpaired) electrons. The van der Waals surface area contributed by atoms with Crippen LogP contribution in [0.3, 0.4) is 0 Å². The first-order chi connectivity index (χ1) is 13.4. The molecule has 0 fully saturated rings. The van der Waals surface area contributed by atoms with E-state index in [-0.39, 0.29) is 29.5 Å². The van der Waals surface area contributed by atoms with E-state index in [4.69, 9.17) is 16.3 Å². The first-order valence-corrected chi connectivity index (χ1v) is 8.80. The molecule has 8 nitrogen and oxygen atoms in total. The Morgan fingerprint density at radius 3 is 2.61 bits per heavy atom. The number of hydrogen-bond donors (Lipinski definition) is 1. The molecule has 1 aromatic heterocycles. The minimum atomic E-state index is -0.545. The van der Waals surface area contributed by atoms with Crippen molar-refractivity contribution in [2.45, 2.75) is 19.9 Å². The predicted octanol–water partition coefficient (Wildman–Crippen LogP) is 4.57. The van der Waals surface area contributed by atoms with Gasteiger partial charge in [-0.1, -0.05) is 11.6 Å². The van der Waals surface area contributed by atoms with Crippen LogP contribution in [0, 0.1) is 17.0 Å². The van der Waals surface area contributed by atoms with Gasteiger partial charge in [0.1, 0.15) is 11.5 Å². The van der Waals surface area contributed by atoms with Gasteiger partial charge in [0.15, 0.2) is 0 Å². The summed E-state index contributed by atoms with van der Waals surface area (Å²) in [6.45, 7) is 2.27. The fourth-order valence-electron chi connectivity index (χ4n) is 2.49. The summed E-state index contributed by atoms with van der Waals surface area (Å²) in [6, 6.07) is 12.5. The average Bonchev–Trinajstić information content (AvgIpc) is 3.07. The minimum Gasteiger partial charge on any atom is -0.457 e. The molecule has 1 heterocycles. The van der Waals surface area contributed by atoms with E-state index in [2.05, 4.69) is 10.4 Å². The zero-order valence-electron chi connectivity index (χ0n) is 15.0. The van der Waals surface area contributed by atoms with Crippen molar-refractivity contribution >= 4 is 28.9 Å². The van der Waals surface area contributed by atoms with Gasteiger partial charge < -0.3 is 10.1 Å². The van der Waals surface area contributed by atoms with Gasteiger partial charge >= 0.3 is 0 Å². The first-order valence-electron chi connectivity index (χ1n) is 8.42. The number of halogens is 1. The molecular weight excluding hydrogens is 384 g/mol. The second kappa shape index (κ2) is 8.53. The predicted molar refractivity (Wildman–Crippen MR) is 105 cm³/mol. The zero-order valence-corrected chi connectivity index (χ0v) is 15.7. The van der Waals surface area contributed by atoms with Gasteiger partial charge in [0, 0.05) is 36.3 Å². The van der Waals surface area contributed by atoms with E-state index in [1.807, 2.05) is 13.0 Å². The summed E-state index contributed by atoms with van der Waals surface area (Å²) in [4.78, 5) is 22.9. The Morgan fingerprint density at radius 2 is 1.96 bits per heavy atom. The lowest BCUT2D eigenvalue weighted by Gasteiger charge is -2.10. The molecule has 0 spiro atoms. The number of anilines is 1. The number of hydrogen-bond acceptors (Lipinski definition) is 5. The Balaban J connectivity index is 1.72. The minimum absolute atomic E-state index is 0.178. The number of nitrogens with zero attached hydrogens (tertiary/aromatic N) is 3. The maximum Gasteiger partial charge on any atom is 0.275 e. The lowest BCUT2D eigenvalue weighted by atomic mass is 10.2. The molecule has 0 bridgehead atoms. The van der Waals surface area contributed by atoms with Crippen molar-refractivity contribution in [3.8, 4) is 11.5 Å². The normalized spacial score (nSPS) is 10.5. The van der Waals surface area contributed by atoms with Crippen LogP contribution >= 0.6 is 11.6 Å². The summed E-state index contributed by atoms with van der Waals surface area (Å²) < 4.78 is 7.31. The first kappa shape index (κ1) is 19.4. The molecule has 0 aliphatic rings. The van der Waals surface area contributed by atoms with E-state index in [1.54, 1.807) is 35.1 Å². The van der Waals surface area contributed by atoms with Gasteiger partial charge in [-0.2, -0.15) is 5.10 Å². The highest BCUT2D eigenvalue weighted by atomic mass is 35.5. The van der Waals surface area contributed by atoms with E-state index in [9.17, 15) is 14.9 Å². The molecule has 144 valence electrons. The van der Waals surface area contributed by atoms with Gasteiger partial charge in [-0.05, 0) is 37.3 Å². The molecule has 2 aromatic carbocycles. The standard InChI is InChI=1S/C19H17ClN4O4/c1-13-6-8-23(22-13)9-7-19(25)21-15-10-16(24(26)27)12-18(11-15)28-17-4-2-14(20)3-5-17/h2-6,8,10-12H,7,9H2,1H3,(H,21,25). The molecule has 3 rings (SSSR count). The van der Waals surface area contributed by atoms with Crippen molar-refractivity contribution in [1.29, 1.82) is 0 Å². The lowest BCUT2D eigenvalue weighted by molar-refractivity contribution is -0.384. The number of non-ortho nitro benzene ring substituents is 1. The van der Waals surface area contributed by atoms with Crippen LogP contribution in [0.15, 0.2) is 54.7 Å². The van der Waals surface area contributed by atoms with Gasteiger partial charge in [-0.3, -0.25) is 19.6 Å². The van der Waals surface area contributed by atoms with E-state index in [0.717, 1.165) is 5.69 Å². The van der Waals surface area contributed by atoms with Crippen molar-refractivity contribution in [2.24, 2.45) is 0 Å². The monoisotopic (exact) mass is 400 g/mol. The number of nitro benzene ring substituents is 1. The summed E-state index contributed by atoms with van der Waals surface area (Å²) >= 11 is 5.84. The lowest BCUT2D eigenvalue weighted by Crippen LogP contribution is -2.15. The largest absolute Gasteiger partial charge is 0.457 e. The molecule has 0 aliphatic carbocycles. The smallest absolute Gasteiger partial charge is 0.275 e. The molecule has 0 aliphatic heterocycles. The Hall–Kier alpha value is -3.39. The summed E-state index contributed by atoms with van der Waals surface area (Å²) in [6.07, 6.45) is 1.96. The molecule has 1 N–H and O–H groups in total. The molecule has 0 saturated heterocycles. The number of benzene rings is 2. The summed E-state index contributed by atoms with van der Waals surface area (Å²) in [5, 5.41) is 18.6. The topological polar surface area (TPSA) is 99.3 Å². The number of ether oxygens (including phenoxy) is 1. The second-order valence-electron chi connectivity index (χ2n) is 6.05. The molecular formula is C19H17ClN4O4. The molecule has 9 heteroatoms. The molecule has 28 heavy (non-hydrogen) atoms. The van der Waals surface area contributed by atoms with Crippen LogP contribution in [0.5, 0.6) is 11.5 Å². The van der Waals surface area contributed by atoms with Crippen molar-refractivity contribution in [3.05, 3.63) is 75.6 Å². The third-order valence-corrected chi connectivity index (χ3v) is 4.03. The van der Waals surface area contributed by atoms with Crippen LogP contribution in [-0.4, -0.2) is 20.6 Å². The maximum atomic E-state index is 12.2. The van der Waals surface area contributed by atoms with Crippen molar-refractivity contribution in [3.63, 3.8) is 0 Å². The molecule has 3 aromatic rings. The van der Waals surface area contributed by atoms with Crippen LogP contribution in [0.2, 0.25) is 5.02 Å². The number of rotatable bonds is 7. The van der Waals surface area contributed by atoms with Crippen LogP contribution in [0.25, 0.3) is 0 Å². The summed E-state index contributed by atoms with van der Waals surface area (Å²) in [5.41, 5.74) is 0.951. The van der Waals surface area contributed by atoms with Gasteiger partial charge in [-0.15, -0.1) is 0 Å². The highest BCUT2D eigenvalue weighted by molar-refractivity contribution is 6.30. The van der Waals surface area contributed by atoms with Gasteiger partial charge in [0.25, 0.3) is 5.69 Å². The summed E-state index contributed by atoms with van der Waals surface area (Å²) in [5.74, 6) is 0.414. The number of aryl methyl sites for hydroxylation is 2. The molecule has 0 atom stereocenters. The molecule has 0 saturated carbocycles. The summed E-state index contributed by atoms with van der Waals surface area (Å²) in [7, 11) is 0. The molecule has 1 amide bonds. The Bertz CT molecular complexity index is 1000. The van der Waals surface area contributed by atoms with Gasteiger partial charge in [0.2, 0.25) is 5.91 Å². The van der Waals surface area contributed by atoms with E-state index >= 15 is 0 Å². The van der Waals surface area contributed by atoms with E-state index < -0.39 is 4.92 Å². The quantitative estimate of drug-likeness (QED) is 0.462. The van der Waals surface area contributed by atoms with Gasteiger partial charge in [-0.25, -0.2) is 0 Å². The number of nitrogens with one attached hydrogen (secondary N) is 1. The highest BCUT2D eigenvalue weighted by Crippen LogP contribution is 2.30. The van der Waals surface area contributed by atoms with E-state index in [1.165, 1.54) is 18.2 Å². The SMILES string of the molecule is Cc1ccn(CCC(=O)Nc2cc(Oc3ccc(Cl)cc3)cc([N+](=O)[O-])c2)n1. The third-order valence-electron chi connectivity index (χ3n) is 3.78. The van der Waals surface area contributed by atoms with Crippen LogP contribution < -0.4 is 10.1 Å². The van der Waals surface area contributed by atoms with Crippen LogP contribution in [0.4, 0.5) is 11.4 Å². The fraction of sp³-hybridized carbons (Fsp3) is 0.158. The Morgan fingerprint density at radius 1 is 1.21 bits per heavy atom. The number of nitro groups is 1. The van der Waals surface area contributed by atoms with Crippen molar-refractivity contribution in [2.75, 3.05) is 5.32 Å². The second-order valence-corrected chi connectivity index (χ2v) is 6.48. The van der Waals surface area contributed by atoms with Gasteiger partial charge in [0.05, 0.1) is 22.4 Å². The number of carbonyl (C=O) groups excluding carboxylic acids is 1. The van der Waals surface area contributed by atoms with E-state index in [0.29, 0.717) is 17.3 Å². The zero-order chi connectivity index (χ0) is 20.1. The number of carbonyl (C=O) groups is 1. The fourth-order valence-corrected chi connectivity index (χ4v) is 2.61. The maximum absolute atomic E-state index is 12.2. The average molecular weight is 401 g/mol. The van der Waals surface area contributed by atoms with Crippen molar-refractivity contribution < 1.29 is 14.5 Å². The Kier molecular flexibility index (Phi) is 5.90. The molecule has 0 unspecified atom stereocenters. The van der Waals surface area contributed by atoms with Crippen LogP contribution in [-0.2, 0) is 11.3 Å².